The van der Waals surface area contributed by atoms with Gasteiger partial charge in [-0.15, -0.1) is 0 Å². The Balaban J connectivity index is 1.59. The van der Waals surface area contributed by atoms with Crippen molar-refractivity contribution in [2.75, 3.05) is 11.1 Å². The fraction of sp³-hybridized carbons (Fsp3) is 0.143. The molecule has 0 aliphatic heterocycles. The standard InChI is InChI=1S/C21H18FN5O2S/c1-12-5-3-8-17(13(12)2)27-19-16(10-23-27)20(29)26-21(25-19)30-11-18(28)24-15-7-4-6-14(22)9-15/h3-10H,11H2,1-2H3,(H,24,28)(H,25,26,29). The lowest BCUT2D eigenvalue weighted by molar-refractivity contribution is -0.113. The van der Waals surface area contributed by atoms with Crippen molar-refractivity contribution in [3.05, 3.63) is 76.0 Å². The van der Waals surface area contributed by atoms with Crippen LogP contribution in [0.25, 0.3) is 16.7 Å². The fourth-order valence-electron chi connectivity index (χ4n) is 3.01. The number of nitrogens with zero attached hydrogens (tertiary/aromatic N) is 3. The molecule has 7 nitrogen and oxygen atoms in total. The number of carbonyl (C=O) groups excluding carboxylic acids is 1. The van der Waals surface area contributed by atoms with Crippen molar-refractivity contribution in [3.8, 4) is 5.69 Å². The Kier molecular flexibility index (Phi) is 5.37. The molecule has 0 radical (unpaired) electrons. The summed E-state index contributed by atoms with van der Waals surface area (Å²) in [5, 5.41) is 7.62. The van der Waals surface area contributed by atoms with Gasteiger partial charge in [-0.2, -0.15) is 5.10 Å². The van der Waals surface area contributed by atoms with Crippen molar-refractivity contribution < 1.29 is 9.18 Å². The molecule has 152 valence electrons. The molecule has 2 aromatic heterocycles. The Hall–Kier alpha value is -3.46. The third-order valence-corrected chi connectivity index (χ3v) is 5.54. The Labute approximate surface area is 175 Å². The molecule has 0 bridgehead atoms. The molecule has 9 heteroatoms. The molecule has 0 fully saturated rings. The number of anilines is 1. The maximum absolute atomic E-state index is 13.2. The van der Waals surface area contributed by atoms with Crippen LogP contribution in [-0.4, -0.2) is 31.4 Å². The first kappa shape index (κ1) is 19.8. The summed E-state index contributed by atoms with van der Waals surface area (Å²) < 4.78 is 14.9. The molecule has 4 aromatic rings. The van der Waals surface area contributed by atoms with Gasteiger partial charge in [0, 0.05) is 5.69 Å². The molecule has 0 aliphatic carbocycles. The molecule has 30 heavy (non-hydrogen) atoms. The van der Waals surface area contributed by atoms with Crippen molar-refractivity contribution in [2.24, 2.45) is 0 Å². The summed E-state index contributed by atoms with van der Waals surface area (Å²) in [6.45, 7) is 3.99. The van der Waals surface area contributed by atoms with Gasteiger partial charge in [0.1, 0.15) is 11.2 Å². The summed E-state index contributed by atoms with van der Waals surface area (Å²) in [6.07, 6.45) is 1.48. The minimum absolute atomic E-state index is 0.00255. The summed E-state index contributed by atoms with van der Waals surface area (Å²) in [6, 6.07) is 11.5. The molecule has 1 amide bonds. The van der Waals surface area contributed by atoms with E-state index in [2.05, 4.69) is 20.4 Å². The van der Waals surface area contributed by atoms with E-state index in [-0.39, 0.29) is 17.2 Å². The zero-order valence-electron chi connectivity index (χ0n) is 16.3. The van der Waals surface area contributed by atoms with Gasteiger partial charge >= 0.3 is 0 Å². The third kappa shape index (κ3) is 3.97. The number of benzene rings is 2. The van der Waals surface area contributed by atoms with E-state index in [1.165, 1.54) is 24.4 Å². The van der Waals surface area contributed by atoms with Crippen LogP contribution >= 0.6 is 11.8 Å². The summed E-state index contributed by atoms with van der Waals surface area (Å²) in [4.78, 5) is 31.8. The summed E-state index contributed by atoms with van der Waals surface area (Å²) >= 11 is 1.08. The lowest BCUT2D eigenvalue weighted by Gasteiger charge is -2.09. The fourth-order valence-corrected chi connectivity index (χ4v) is 3.66. The Bertz CT molecular complexity index is 1310. The van der Waals surface area contributed by atoms with Crippen LogP contribution < -0.4 is 10.9 Å². The van der Waals surface area contributed by atoms with Gasteiger partial charge in [-0.3, -0.25) is 9.59 Å². The van der Waals surface area contributed by atoms with Gasteiger partial charge < -0.3 is 10.3 Å². The molecule has 0 atom stereocenters. The molecule has 2 heterocycles. The van der Waals surface area contributed by atoms with Crippen molar-refractivity contribution >= 4 is 34.4 Å². The minimum atomic E-state index is -0.434. The van der Waals surface area contributed by atoms with Crippen molar-refractivity contribution in [1.82, 2.24) is 19.7 Å². The van der Waals surface area contributed by atoms with E-state index >= 15 is 0 Å². The molecule has 0 saturated heterocycles. The van der Waals surface area contributed by atoms with Crippen molar-refractivity contribution in [3.63, 3.8) is 0 Å². The number of H-pyrrole nitrogens is 1. The molecular weight excluding hydrogens is 405 g/mol. The first-order valence-corrected chi connectivity index (χ1v) is 10.1. The number of hydrogen-bond donors (Lipinski definition) is 2. The summed E-state index contributed by atoms with van der Waals surface area (Å²) in [5.74, 6) is -0.768. The number of halogens is 1. The first-order valence-electron chi connectivity index (χ1n) is 9.15. The highest BCUT2D eigenvalue weighted by Gasteiger charge is 2.14. The highest BCUT2D eigenvalue weighted by Crippen LogP contribution is 2.22. The Morgan fingerprint density at radius 2 is 2.03 bits per heavy atom. The predicted octanol–water partition coefficient (Wildman–Crippen LogP) is 3.60. The minimum Gasteiger partial charge on any atom is -0.325 e. The van der Waals surface area contributed by atoms with E-state index in [1.807, 2.05) is 32.0 Å². The number of fused-ring (bicyclic) bond motifs is 1. The number of hydrogen-bond acceptors (Lipinski definition) is 5. The van der Waals surface area contributed by atoms with E-state index in [0.29, 0.717) is 21.9 Å². The maximum Gasteiger partial charge on any atom is 0.262 e. The quantitative estimate of drug-likeness (QED) is 0.378. The molecule has 2 aromatic carbocycles. The Morgan fingerprint density at radius 1 is 1.23 bits per heavy atom. The highest BCUT2D eigenvalue weighted by molar-refractivity contribution is 7.99. The molecule has 0 unspecified atom stereocenters. The van der Waals surface area contributed by atoms with E-state index in [0.717, 1.165) is 28.6 Å². The van der Waals surface area contributed by atoms with Crippen molar-refractivity contribution in [1.29, 1.82) is 0 Å². The smallest absolute Gasteiger partial charge is 0.262 e. The Morgan fingerprint density at radius 3 is 2.83 bits per heavy atom. The second-order valence-corrected chi connectivity index (χ2v) is 7.70. The molecule has 0 aliphatic rings. The lowest BCUT2D eigenvalue weighted by Crippen LogP contribution is -2.16. The maximum atomic E-state index is 13.2. The first-order chi connectivity index (χ1) is 14.4. The lowest BCUT2D eigenvalue weighted by atomic mass is 10.1. The van der Waals surface area contributed by atoms with E-state index in [4.69, 9.17) is 0 Å². The van der Waals surface area contributed by atoms with Gasteiger partial charge in [0.15, 0.2) is 10.8 Å². The number of aromatic nitrogens is 4. The number of aromatic amines is 1. The number of amides is 1. The molecule has 4 rings (SSSR count). The normalized spacial score (nSPS) is 11.0. The van der Waals surface area contributed by atoms with Gasteiger partial charge in [0.2, 0.25) is 5.91 Å². The van der Waals surface area contributed by atoms with Crippen LogP contribution in [0.1, 0.15) is 11.1 Å². The average Bonchev–Trinajstić information content (AvgIpc) is 3.13. The van der Waals surface area contributed by atoms with Gasteiger partial charge in [-0.25, -0.2) is 14.1 Å². The van der Waals surface area contributed by atoms with Crippen LogP contribution in [0.15, 0.2) is 58.6 Å². The summed E-state index contributed by atoms with van der Waals surface area (Å²) in [7, 11) is 0. The molecule has 2 N–H and O–H groups in total. The van der Waals surface area contributed by atoms with Crippen LogP contribution in [0, 0.1) is 19.7 Å². The topological polar surface area (TPSA) is 92.7 Å². The van der Waals surface area contributed by atoms with Gasteiger partial charge in [0.05, 0.1) is 17.6 Å². The van der Waals surface area contributed by atoms with Gasteiger partial charge in [-0.1, -0.05) is 30.0 Å². The second kappa shape index (κ2) is 8.11. The zero-order valence-corrected chi connectivity index (χ0v) is 17.1. The van der Waals surface area contributed by atoms with E-state index in [9.17, 15) is 14.0 Å². The molecule has 0 saturated carbocycles. The van der Waals surface area contributed by atoms with Gasteiger partial charge in [0.25, 0.3) is 5.56 Å². The molecule has 0 spiro atoms. The van der Waals surface area contributed by atoms with Crippen LogP contribution in [0.5, 0.6) is 0 Å². The van der Waals surface area contributed by atoms with E-state index in [1.54, 1.807) is 10.7 Å². The SMILES string of the molecule is Cc1cccc(-n2ncc3c(=O)[nH]c(SCC(=O)Nc4cccc(F)c4)nc32)c1C. The number of aryl methyl sites for hydroxylation is 1. The second-order valence-electron chi connectivity index (χ2n) is 6.73. The summed E-state index contributed by atoms with van der Waals surface area (Å²) in [5.41, 5.74) is 3.43. The zero-order chi connectivity index (χ0) is 21.3. The average molecular weight is 423 g/mol. The van der Waals surface area contributed by atoms with Crippen molar-refractivity contribution in [2.45, 2.75) is 19.0 Å². The van der Waals surface area contributed by atoms with Crippen LogP contribution in [0.4, 0.5) is 10.1 Å². The molecular formula is C21H18FN5O2S. The number of rotatable bonds is 5. The van der Waals surface area contributed by atoms with Gasteiger partial charge in [-0.05, 0) is 49.2 Å². The largest absolute Gasteiger partial charge is 0.325 e. The van der Waals surface area contributed by atoms with Crippen LogP contribution in [0.3, 0.4) is 0 Å². The third-order valence-electron chi connectivity index (χ3n) is 4.67. The predicted molar refractivity (Wildman–Crippen MR) is 115 cm³/mol. The van der Waals surface area contributed by atoms with Crippen LogP contribution in [0.2, 0.25) is 0 Å². The monoisotopic (exact) mass is 423 g/mol. The number of thioether (sulfide) groups is 1. The number of nitrogens with one attached hydrogen (secondary N) is 2. The van der Waals surface area contributed by atoms with Crippen LogP contribution in [-0.2, 0) is 4.79 Å². The number of carbonyl (C=O) groups is 1. The van der Waals surface area contributed by atoms with E-state index < -0.39 is 5.82 Å². The highest BCUT2D eigenvalue weighted by atomic mass is 32.2.